The van der Waals surface area contributed by atoms with E-state index in [1.807, 2.05) is 31.8 Å². The molecule has 5 heteroatoms. The highest BCUT2D eigenvalue weighted by molar-refractivity contribution is 5.76. The number of hydrogen-bond donors (Lipinski definition) is 2. The normalized spacial score (nSPS) is 11.9. The molecule has 0 aliphatic carbocycles. The van der Waals surface area contributed by atoms with Gasteiger partial charge >= 0.3 is 0 Å². The topological polar surface area (TPSA) is 59.0 Å². The molecule has 0 radical (unpaired) electrons. The van der Waals surface area contributed by atoms with Gasteiger partial charge in [-0.25, -0.2) is 0 Å². The Labute approximate surface area is 122 Å². The molecule has 1 rings (SSSR count). The molecule has 0 aliphatic rings. The summed E-state index contributed by atoms with van der Waals surface area (Å²) in [5.74, 6) is 0.0923. The molecule has 0 atom stereocenters. The zero-order valence-corrected chi connectivity index (χ0v) is 13.6. The van der Waals surface area contributed by atoms with Crippen LogP contribution in [0.1, 0.15) is 52.3 Å². The van der Waals surface area contributed by atoms with Gasteiger partial charge in [-0.15, -0.1) is 0 Å². The third-order valence-corrected chi connectivity index (χ3v) is 2.91. The SMILES string of the molecule is CC(C)NC(=O)CCNCc1cn(C)nc1C(C)(C)C. The van der Waals surface area contributed by atoms with E-state index in [9.17, 15) is 4.79 Å². The van der Waals surface area contributed by atoms with E-state index in [-0.39, 0.29) is 17.4 Å². The molecule has 1 heterocycles. The van der Waals surface area contributed by atoms with Gasteiger partial charge in [0.1, 0.15) is 0 Å². The van der Waals surface area contributed by atoms with Gasteiger partial charge in [-0.3, -0.25) is 9.48 Å². The largest absolute Gasteiger partial charge is 0.354 e. The number of aromatic nitrogens is 2. The van der Waals surface area contributed by atoms with Crippen LogP contribution < -0.4 is 10.6 Å². The first-order chi connectivity index (χ1) is 9.20. The van der Waals surface area contributed by atoms with Crippen molar-refractivity contribution in [3.05, 3.63) is 17.5 Å². The Morgan fingerprint density at radius 1 is 1.40 bits per heavy atom. The summed E-state index contributed by atoms with van der Waals surface area (Å²) in [6.07, 6.45) is 2.55. The van der Waals surface area contributed by atoms with E-state index in [4.69, 9.17) is 0 Å². The molecule has 0 aromatic carbocycles. The summed E-state index contributed by atoms with van der Waals surface area (Å²) in [5, 5.41) is 10.7. The van der Waals surface area contributed by atoms with Crippen molar-refractivity contribution in [2.45, 2.75) is 59.0 Å². The standard InChI is InChI=1S/C15H28N4O/c1-11(2)17-13(20)7-8-16-9-12-10-19(6)18-14(12)15(3,4)5/h10-11,16H,7-9H2,1-6H3,(H,17,20). The highest BCUT2D eigenvalue weighted by atomic mass is 16.1. The van der Waals surface area contributed by atoms with Crippen LogP contribution >= 0.6 is 0 Å². The summed E-state index contributed by atoms with van der Waals surface area (Å²) in [4.78, 5) is 11.5. The molecule has 2 N–H and O–H groups in total. The van der Waals surface area contributed by atoms with Crippen LogP contribution in [0.25, 0.3) is 0 Å². The Bertz CT molecular complexity index is 443. The van der Waals surface area contributed by atoms with Crippen LogP contribution in [0.2, 0.25) is 0 Å². The quantitative estimate of drug-likeness (QED) is 0.780. The first kappa shape index (κ1) is 16.7. The lowest BCUT2D eigenvalue weighted by molar-refractivity contribution is -0.121. The second-order valence-corrected chi connectivity index (χ2v) is 6.58. The summed E-state index contributed by atoms with van der Waals surface area (Å²) in [6.45, 7) is 11.8. The average molecular weight is 280 g/mol. The Kier molecular flexibility index (Phi) is 5.74. The van der Waals surface area contributed by atoms with E-state index in [1.165, 1.54) is 5.56 Å². The first-order valence-corrected chi connectivity index (χ1v) is 7.23. The summed E-state index contributed by atoms with van der Waals surface area (Å²) in [5.41, 5.74) is 2.34. The fourth-order valence-electron chi connectivity index (χ4n) is 2.12. The molecule has 0 saturated heterocycles. The van der Waals surface area contributed by atoms with Crippen molar-refractivity contribution in [3.8, 4) is 0 Å². The van der Waals surface area contributed by atoms with Gasteiger partial charge in [-0.05, 0) is 13.8 Å². The van der Waals surface area contributed by atoms with E-state index in [1.54, 1.807) is 0 Å². The van der Waals surface area contributed by atoms with Crippen LogP contribution in [0.15, 0.2) is 6.20 Å². The van der Waals surface area contributed by atoms with Crippen molar-refractivity contribution in [1.82, 2.24) is 20.4 Å². The van der Waals surface area contributed by atoms with Crippen LogP contribution in [0.4, 0.5) is 0 Å². The van der Waals surface area contributed by atoms with Crippen LogP contribution in [0, 0.1) is 0 Å². The molecule has 0 spiro atoms. The van der Waals surface area contributed by atoms with E-state index in [0.29, 0.717) is 13.0 Å². The molecule has 1 aromatic rings. The van der Waals surface area contributed by atoms with E-state index < -0.39 is 0 Å². The fourth-order valence-corrected chi connectivity index (χ4v) is 2.12. The second-order valence-electron chi connectivity index (χ2n) is 6.58. The molecule has 114 valence electrons. The van der Waals surface area contributed by atoms with E-state index in [2.05, 4.69) is 36.5 Å². The minimum Gasteiger partial charge on any atom is -0.354 e. The molecule has 0 unspecified atom stereocenters. The highest BCUT2D eigenvalue weighted by Crippen LogP contribution is 2.23. The van der Waals surface area contributed by atoms with Gasteiger partial charge in [-0.1, -0.05) is 20.8 Å². The van der Waals surface area contributed by atoms with Gasteiger partial charge in [0.25, 0.3) is 0 Å². The zero-order valence-electron chi connectivity index (χ0n) is 13.6. The molecular formula is C15H28N4O. The molecule has 0 bridgehead atoms. The first-order valence-electron chi connectivity index (χ1n) is 7.23. The lowest BCUT2D eigenvalue weighted by Gasteiger charge is -2.17. The van der Waals surface area contributed by atoms with Gasteiger partial charge in [0.05, 0.1) is 5.69 Å². The van der Waals surface area contributed by atoms with Crippen molar-refractivity contribution in [1.29, 1.82) is 0 Å². The summed E-state index contributed by atoms with van der Waals surface area (Å²) in [6, 6.07) is 0.202. The lowest BCUT2D eigenvalue weighted by Crippen LogP contribution is -2.32. The van der Waals surface area contributed by atoms with Crippen LogP contribution in [-0.2, 0) is 23.8 Å². The highest BCUT2D eigenvalue weighted by Gasteiger charge is 2.21. The van der Waals surface area contributed by atoms with Crippen molar-refractivity contribution < 1.29 is 4.79 Å². The Morgan fingerprint density at radius 3 is 2.60 bits per heavy atom. The second kappa shape index (κ2) is 6.88. The fraction of sp³-hybridized carbons (Fsp3) is 0.733. The van der Waals surface area contributed by atoms with Gasteiger partial charge in [0.15, 0.2) is 0 Å². The molecule has 0 fully saturated rings. The maximum absolute atomic E-state index is 11.5. The average Bonchev–Trinajstić information content (AvgIpc) is 2.65. The predicted octanol–water partition coefficient (Wildman–Crippen LogP) is 1.72. The van der Waals surface area contributed by atoms with Crippen LogP contribution in [0.3, 0.4) is 0 Å². The van der Waals surface area contributed by atoms with Crippen molar-refractivity contribution >= 4 is 5.91 Å². The maximum atomic E-state index is 11.5. The van der Waals surface area contributed by atoms with Crippen molar-refractivity contribution in [2.75, 3.05) is 6.54 Å². The molecule has 1 amide bonds. The number of amides is 1. The minimum atomic E-state index is 0.0350. The number of rotatable bonds is 6. The zero-order chi connectivity index (χ0) is 15.3. The molecule has 1 aromatic heterocycles. The number of nitrogens with zero attached hydrogens (tertiary/aromatic N) is 2. The van der Waals surface area contributed by atoms with Gasteiger partial charge in [0.2, 0.25) is 5.91 Å². The minimum absolute atomic E-state index is 0.0350. The summed E-state index contributed by atoms with van der Waals surface area (Å²) in [7, 11) is 1.94. The maximum Gasteiger partial charge on any atom is 0.221 e. The predicted molar refractivity (Wildman–Crippen MR) is 81.5 cm³/mol. The number of hydrogen-bond acceptors (Lipinski definition) is 3. The number of carbonyl (C=O) groups excluding carboxylic acids is 1. The number of aryl methyl sites for hydroxylation is 1. The molecule has 0 saturated carbocycles. The van der Waals surface area contributed by atoms with Gasteiger partial charge in [0, 0.05) is 49.8 Å². The Hall–Kier alpha value is -1.36. The van der Waals surface area contributed by atoms with Crippen molar-refractivity contribution in [2.24, 2.45) is 7.05 Å². The van der Waals surface area contributed by atoms with Crippen molar-refractivity contribution in [3.63, 3.8) is 0 Å². The van der Waals surface area contributed by atoms with E-state index in [0.717, 1.165) is 12.2 Å². The summed E-state index contributed by atoms with van der Waals surface area (Å²) < 4.78 is 1.85. The Balaban J connectivity index is 2.45. The summed E-state index contributed by atoms with van der Waals surface area (Å²) >= 11 is 0. The molecule has 0 aliphatic heterocycles. The number of carbonyl (C=O) groups is 1. The lowest BCUT2D eigenvalue weighted by atomic mass is 9.89. The number of nitrogens with one attached hydrogen (secondary N) is 2. The van der Waals surface area contributed by atoms with Gasteiger partial charge in [-0.2, -0.15) is 5.10 Å². The smallest absolute Gasteiger partial charge is 0.221 e. The third-order valence-electron chi connectivity index (χ3n) is 2.91. The molecule has 5 nitrogen and oxygen atoms in total. The Morgan fingerprint density at radius 2 is 2.05 bits per heavy atom. The van der Waals surface area contributed by atoms with Crippen LogP contribution in [0.5, 0.6) is 0 Å². The van der Waals surface area contributed by atoms with E-state index >= 15 is 0 Å². The molecular weight excluding hydrogens is 252 g/mol. The monoisotopic (exact) mass is 280 g/mol. The third kappa shape index (κ3) is 5.33. The van der Waals surface area contributed by atoms with Crippen LogP contribution in [-0.4, -0.2) is 28.3 Å². The van der Waals surface area contributed by atoms with Gasteiger partial charge < -0.3 is 10.6 Å². The molecule has 20 heavy (non-hydrogen) atoms.